The number of aromatic amines is 1. The second-order valence-electron chi connectivity index (χ2n) is 5.66. The van der Waals surface area contributed by atoms with E-state index in [2.05, 4.69) is 10.3 Å². The third-order valence-corrected chi connectivity index (χ3v) is 3.70. The molecule has 0 saturated heterocycles. The molecule has 9 heteroatoms. The Morgan fingerprint density at radius 1 is 1.30 bits per heavy atom. The highest BCUT2D eigenvalue weighted by molar-refractivity contribution is 5.96. The topological polar surface area (TPSA) is 108 Å². The van der Waals surface area contributed by atoms with Crippen LogP contribution in [-0.2, 0) is 6.54 Å². The first-order chi connectivity index (χ1) is 12.8. The number of benzene rings is 1. The first kappa shape index (κ1) is 20.1. The third kappa shape index (κ3) is 4.90. The van der Waals surface area contributed by atoms with Crippen molar-refractivity contribution in [2.45, 2.75) is 26.3 Å². The van der Waals surface area contributed by atoms with Crippen LogP contribution in [0.5, 0.6) is 5.75 Å². The number of rotatable bonds is 8. The van der Waals surface area contributed by atoms with Gasteiger partial charge >= 0.3 is 5.97 Å². The van der Waals surface area contributed by atoms with Gasteiger partial charge in [-0.3, -0.25) is 9.59 Å². The monoisotopic (exact) mass is 380 g/mol. The van der Waals surface area contributed by atoms with Crippen molar-refractivity contribution in [1.82, 2.24) is 10.3 Å². The van der Waals surface area contributed by atoms with E-state index in [1.54, 1.807) is 0 Å². The highest BCUT2D eigenvalue weighted by atomic mass is 19.1. The molecule has 0 aliphatic carbocycles. The van der Waals surface area contributed by atoms with Crippen LogP contribution >= 0.6 is 0 Å². The average molecular weight is 380 g/mol. The molecule has 0 saturated carbocycles. The molecule has 0 aliphatic rings. The van der Waals surface area contributed by atoms with Crippen LogP contribution in [0.1, 0.15) is 46.2 Å². The number of amides is 1. The van der Waals surface area contributed by atoms with Crippen LogP contribution < -0.4 is 15.5 Å². The van der Waals surface area contributed by atoms with Crippen LogP contribution in [-0.4, -0.2) is 28.6 Å². The lowest BCUT2D eigenvalue weighted by molar-refractivity contribution is 0.0684. The number of pyridine rings is 1. The second kappa shape index (κ2) is 8.93. The lowest BCUT2D eigenvalue weighted by Crippen LogP contribution is -2.30. The Bertz CT molecular complexity index is 911. The molecule has 0 aliphatic heterocycles. The SMILES string of the molecule is CCCCOc1c(C(=O)O)[nH]cc(C(=O)NCc2ccc(F)cc2F)c1=O. The van der Waals surface area contributed by atoms with Gasteiger partial charge < -0.3 is 20.1 Å². The van der Waals surface area contributed by atoms with Gasteiger partial charge in [-0.05, 0) is 12.5 Å². The first-order valence-corrected chi connectivity index (χ1v) is 8.19. The molecule has 0 fully saturated rings. The summed E-state index contributed by atoms with van der Waals surface area (Å²) in [6.07, 6.45) is 2.32. The molecule has 3 N–H and O–H groups in total. The zero-order valence-electron chi connectivity index (χ0n) is 14.5. The number of carbonyl (C=O) groups is 2. The van der Waals surface area contributed by atoms with E-state index in [0.717, 1.165) is 18.7 Å². The molecule has 27 heavy (non-hydrogen) atoms. The molecule has 2 aromatic rings. The predicted molar refractivity (Wildman–Crippen MR) is 92.0 cm³/mol. The van der Waals surface area contributed by atoms with Gasteiger partial charge in [-0.2, -0.15) is 0 Å². The highest BCUT2D eigenvalue weighted by Crippen LogP contribution is 2.13. The Kier molecular flexibility index (Phi) is 6.64. The standard InChI is InChI=1S/C18H18F2N2O5/c1-2-3-6-27-16-14(18(25)26)21-9-12(15(16)23)17(24)22-8-10-4-5-11(19)7-13(10)20/h4-5,7,9H,2-3,6,8H2,1H3,(H,21,23)(H,22,24)(H,25,26). The van der Waals surface area contributed by atoms with E-state index in [9.17, 15) is 23.2 Å². The van der Waals surface area contributed by atoms with Crippen LogP contribution in [0.25, 0.3) is 0 Å². The van der Waals surface area contributed by atoms with E-state index in [1.807, 2.05) is 6.92 Å². The van der Waals surface area contributed by atoms with Gasteiger partial charge in [0.1, 0.15) is 17.2 Å². The summed E-state index contributed by atoms with van der Waals surface area (Å²) in [4.78, 5) is 38.3. The summed E-state index contributed by atoms with van der Waals surface area (Å²) in [5, 5.41) is 11.5. The molecule has 0 atom stereocenters. The lowest BCUT2D eigenvalue weighted by Gasteiger charge is -2.10. The molecular weight excluding hydrogens is 362 g/mol. The maximum atomic E-state index is 13.6. The van der Waals surface area contributed by atoms with Gasteiger partial charge in [0, 0.05) is 24.4 Å². The number of carbonyl (C=O) groups excluding carboxylic acids is 1. The number of unbranched alkanes of at least 4 members (excludes halogenated alkanes) is 1. The van der Waals surface area contributed by atoms with E-state index < -0.39 is 40.4 Å². The number of halogens is 2. The summed E-state index contributed by atoms with van der Waals surface area (Å²) in [5.41, 5.74) is -1.70. The zero-order chi connectivity index (χ0) is 20.0. The summed E-state index contributed by atoms with van der Waals surface area (Å²) in [5.74, 6) is -4.31. The number of aromatic nitrogens is 1. The van der Waals surface area contributed by atoms with Crippen molar-refractivity contribution >= 4 is 11.9 Å². The summed E-state index contributed by atoms with van der Waals surface area (Å²) in [6, 6.07) is 2.89. The Morgan fingerprint density at radius 3 is 2.67 bits per heavy atom. The molecule has 1 aromatic carbocycles. The number of hydrogen-bond acceptors (Lipinski definition) is 4. The number of nitrogens with one attached hydrogen (secondary N) is 2. The van der Waals surface area contributed by atoms with E-state index in [1.165, 1.54) is 6.07 Å². The molecule has 0 bridgehead atoms. The van der Waals surface area contributed by atoms with Crippen molar-refractivity contribution < 1.29 is 28.2 Å². The Balaban J connectivity index is 2.23. The van der Waals surface area contributed by atoms with Crippen LogP contribution in [0, 0.1) is 11.6 Å². The molecule has 0 unspecified atom stereocenters. The van der Waals surface area contributed by atoms with Gasteiger partial charge in [0.2, 0.25) is 5.43 Å². The highest BCUT2D eigenvalue weighted by Gasteiger charge is 2.22. The van der Waals surface area contributed by atoms with Crippen molar-refractivity contribution in [2.24, 2.45) is 0 Å². The molecule has 0 radical (unpaired) electrons. The first-order valence-electron chi connectivity index (χ1n) is 8.19. The molecule has 7 nitrogen and oxygen atoms in total. The summed E-state index contributed by atoms with van der Waals surface area (Å²) < 4.78 is 31.8. The fraction of sp³-hybridized carbons (Fsp3) is 0.278. The normalized spacial score (nSPS) is 10.5. The van der Waals surface area contributed by atoms with E-state index in [4.69, 9.17) is 9.84 Å². The van der Waals surface area contributed by atoms with Crippen LogP contribution in [0.4, 0.5) is 8.78 Å². The van der Waals surface area contributed by atoms with Crippen LogP contribution in [0.2, 0.25) is 0 Å². The Labute approximate surface area is 153 Å². The maximum Gasteiger partial charge on any atom is 0.356 e. The maximum absolute atomic E-state index is 13.6. The minimum atomic E-state index is -1.40. The van der Waals surface area contributed by atoms with Crippen molar-refractivity contribution in [1.29, 1.82) is 0 Å². The molecule has 0 spiro atoms. The molecule has 1 aromatic heterocycles. The summed E-state index contributed by atoms with van der Waals surface area (Å²) >= 11 is 0. The number of hydrogen-bond donors (Lipinski definition) is 3. The fourth-order valence-corrected chi connectivity index (χ4v) is 2.23. The van der Waals surface area contributed by atoms with Gasteiger partial charge in [-0.15, -0.1) is 0 Å². The second-order valence-corrected chi connectivity index (χ2v) is 5.66. The number of aromatic carboxylic acids is 1. The smallest absolute Gasteiger partial charge is 0.356 e. The van der Waals surface area contributed by atoms with Gasteiger partial charge in [0.15, 0.2) is 11.4 Å². The number of carboxylic acids is 1. The Morgan fingerprint density at radius 2 is 2.04 bits per heavy atom. The van der Waals surface area contributed by atoms with Crippen molar-refractivity contribution in [3.8, 4) is 5.75 Å². The van der Waals surface area contributed by atoms with Crippen LogP contribution in [0.3, 0.4) is 0 Å². The minimum absolute atomic E-state index is 0.0303. The number of H-pyrrole nitrogens is 1. The van der Waals surface area contributed by atoms with Gasteiger partial charge in [0.25, 0.3) is 5.91 Å². The van der Waals surface area contributed by atoms with E-state index in [0.29, 0.717) is 12.5 Å². The summed E-state index contributed by atoms with van der Waals surface area (Å²) in [7, 11) is 0. The molecule has 2 rings (SSSR count). The Hall–Kier alpha value is -3.23. The molecule has 144 valence electrons. The van der Waals surface area contributed by atoms with Gasteiger partial charge in [0.05, 0.1) is 6.61 Å². The summed E-state index contributed by atoms with van der Waals surface area (Å²) in [6.45, 7) is 1.73. The molecular formula is C18H18F2N2O5. The number of carboxylic acid groups (broad SMARTS) is 1. The minimum Gasteiger partial charge on any atom is -0.487 e. The van der Waals surface area contributed by atoms with Gasteiger partial charge in [-0.25, -0.2) is 13.6 Å². The molecule has 1 amide bonds. The lowest BCUT2D eigenvalue weighted by atomic mass is 10.1. The fourth-order valence-electron chi connectivity index (χ4n) is 2.23. The van der Waals surface area contributed by atoms with Crippen molar-refractivity contribution in [3.63, 3.8) is 0 Å². The quantitative estimate of drug-likeness (QED) is 0.610. The number of ether oxygens (including phenoxy) is 1. The van der Waals surface area contributed by atoms with Crippen molar-refractivity contribution in [2.75, 3.05) is 6.61 Å². The van der Waals surface area contributed by atoms with E-state index >= 15 is 0 Å². The zero-order valence-corrected chi connectivity index (χ0v) is 14.5. The largest absolute Gasteiger partial charge is 0.487 e. The van der Waals surface area contributed by atoms with Crippen molar-refractivity contribution in [3.05, 3.63) is 63.1 Å². The third-order valence-electron chi connectivity index (χ3n) is 3.70. The molecule has 1 heterocycles. The van der Waals surface area contributed by atoms with Gasteiger partial charge in [-0.1, -0.05) is 19.4 Å². The van der Waals surface area contributed by atoms with E-state index in [-0.39, 0.29) is 24.3 Å². The average Bonchev–Trinajstić information content (AvgIpc) is 2.61. The predicted octanol–water partition coefficient (Wildman–Crippen LogP) is 2.46. The van der Waals surface area contributed by atoms with Crippen LogP contribution in [0.15, 0.2) is 29.2 Å².